The molecule has 19 aromatic rings. The van der Waals surface area contributed by atoms with Crippen LogP contribution >= 0.6 is 22.7 Å². The van der Waals surface area contributed by atoms with Gasteiger partial charge in [-0.2, -0.15) is 0 Å². The van der Waals surface area contributed by atoms with E-state index in [0.717, 1.165) is 121 Å². The van der Waals surface area contributed by atoms with Crippen molar-refractivity contribution in [2.45, 2.75) is 38.8 Å². The van der Waals surface area contributed by atoms with E-state index in [1.165, 1.54) is 51.1 Å². The lowest BCUT2D eigenvalue weighted by Crippen LogP contribution is -2.35. The Kier molecular flexibility index (Phi) is 11.2. The number of hydrogen-bond donors (Lipinski definition) is 0. The Labute approximate surface area is 535 Å². The molecule has 0 bridgehead atoms. The van der Waals surface area contributed by atoms with Gasteiger partial charge in [0, 0.05) is 122 Å². The fraction of sp³-hybridized carbons (Fsp3) is 0.0714. The van der Waals surface area contributed by atoms with Gasteiger partial charge in [-0.25, -0.2) is 8.78 Å². The molecule has 19 rings (SSSR count). The lowest BCUT2D eigenvalue weighted by Gasteiger charge is -2.41. The molecule has 6 heterocycles. The van der Waals surface area contributed by atoms with E-state index < -0.39 is 11.1 Å². The van der Waals surface area contributed by atoms with Crippen molar-refractivity contribution in [3.8, 4) is 33.6 Å². The Morgan fingerprint density at radius 3 is 0.946 bits per heavy atom. The van der Waals surface area contributed by atoms with Crippen LogP contribution in [0.3, 0.4) is 0 Å². The summed E-state index contributed by atoms with van der Waals surface area (Å²) in [7, 11) is 0. The van der Waals surface area contributed by atoms with Gasteiger partial charge in [0.25, 0.3) is 0 Å². The molecule has 0 N–H and O–H groups in total. The number of nitrogens with zero attached hydrogens (tertiary/aromatic N) is 4. The van der Waals surface area contributed by atoms with Crippen molar-refractivity contribution in [3.63, 3.8) is 0 Å². The molecular weight excluding hydrogens is 1170 g/mol. The Morgan fingerprint density at radius 2 is 0.576 bits per heavy atom. The first-order valence-electron chi connectivity index (χ1n) is 31.5. The van der Waals surface area contributed by atoms with E-state index >= 15 is 8.78 Å². The number of para-hydroxylation sites is 6. The molecule has 0 fully saturated rings. The average Bonchev–Trinajstić information content (AvgIpc) is 1.26. The van der Waals surface area contributed by atoms with Gasteiger partial charge in [-0.1, -0.05) is 182 Å². The van der Waals surface area contributed by atoms with Gasteiger partial charge in [0.15, 0.2) is 0 Å². The minimum Gasteiger partial charge on any atom is -0.331 e. The number of benzene rings is 13. The van der Waals surface area contributed by atoms with Crippen molar-refractivity contribution in [3.05, 3.63) is 290 Å². The molecule has 0 aliphatic heterocycles. The van der Waals surface area contributed by atoms with Crippen LogP contribution in [0.4, 0.5) is 8.78 Å². The van der Waals surface area contributed by atoms with Crippen molar-refractivity contribution in [2.75, 3.05) is 0 Å². The molecule has 4 nitrogen and oxygen atoms in total. The minimum absolute atomic E-state index is 0.332. The van der Waals surface area contributed by atoms with Crippen molar-refractivity contribution < 1.29 is 8.78 Å². The number of hydrogen-bond acceptors (Lipinski definition) is 2. The highest BCUT2D eigenvalue weighted by Crippen LogP contribution is 2.58. The van der Waals surface area contributed by atoms with Crippen LogP contribution < -0.4 is 0 Å². The van der Waals surface area contributed by atoms with Crippen LogP contribution in [0.1, 0.15) is 38.8 Å². The fourth-order valence-corrected chi connectivity index (χ4v) is 18.9. The third kappa shape index (κ3) is 7.24. The molecule has 0 unspecified atom stereocenters. The predicted molar refractivity (Wildman–Crippen MR) is 387 cm³/mol. The Hall–Kier alpha value is -10.6. The van der Waals surface area contributed by atoms with Crippen molar-refractivity contribution in [2.24, 2.45) is 0 Å². The van der Waals surface area contributed by atoms with Gasteiger partial charge < -0.3 is 18.3 Å². The van der Waals surface area contributed by atoms with E-state index in [1.54, 1.807) is 24.3 Å². The van der Waals surface area contributed by atoms with E-state index in [2.05, 4.69) is 264 Å². The molecule has 92 heavy (non-hydrogen) atoms. The predicted octanol–water partition coefficient (Wildman–Crippen LogP) is 24.0. The van der Waals surface area contributed by atoms with Crippen LogP contribution in [0.15, 0.2) is 267 Å². The van der Waals surface area contributed by atoms with Crippen LogP contribution in [0.5, 0.6) is 0 Å². The maximum absolute atomic E-state index is 16.3. The molecule has 0 aliphatic carbocycles. The van der Waals surface area contributed by atoms with Gasteiger partial charge in [-0.05, 0) is 129 Å². The number of halogens is 2. The van der Waals surface area contributed by atoms with Crippen molar-refractivity contribution in [1.29, 1.82) is 0 Å². The second kappa shape index (κ2) is 19.4. The van der Waals surface area contributed by atoms with Crippen molar-refractivity contribution >= 4 is 150 Å². The lowest BCUT2D eigenvalue weighted by atomic mass is 9.74. The number of rotatable bonds is 8. The lowest BCUT2D eigenvalue weighted by molar-refractivity contribution is 0.455. The molecule has 0 amide bonds. The molecule has 6 aromatic heterocycles. The summed E-state index contributed by atoms with van der Waals surface area (Å²) in [6.07, 6.45) is 0. The zero-order valence-corrected chi connectivity index (χ0v) is 52.4. The molecule has 13 aromatic carbocycles. The highest BCUT2D eigenvalue weighted by Gasteiger charge is 2.44. The summed E-state index contributed by atoms with van der Waals surface area (Å²) in [5, 5.41) is 14.0. The van der Waals surface area contributed by atoms with Gasteiger partial charge >= 0.3 is 0 Å². The quantitative estimate of drug-likeness (QED) is 0.144. The summed E-state index contributed by atoms with van der Waals surface area (Å²) in [6, 6.07) is 94.4. The SMILES string of the molecule is CC(C)(c1c(-c2ccc(F)cc2)c(-n2c3ccccc3c3c4sc5ccccc5c4ccc32)c(C(C)(C)n2c3ccccc3c3ccccc32)c(-n2c3ccccc3c3c4sc5ccccc5c4ccc32)c1-c1ccc(F)cc1)n1c2ccccc2c2ccccc21. The van der Waals surface area contributed by atoms with Gasteiger partial charge in [-0.3, -0.25) is 0 Å². The molecule has 0 saturated heterocycles. The third-order valence-electron chi connectivity index (χ3n) is 20.0. The molecule has 8 heteroatoms. The minimum atomic E-state index is -0.995. The zero-order chi connectivity index (χ0) is 61.5. The first kappa shape index (κ1) is 53.2. The molecular formula is C84H56F2N4S2. The summed E-state index contributed by atoms with van der Waals surface area (Å²) in [4.78, 5) is 0. The summed E-state index contributed by atoms with van der Waals surface area (Å²) in [5.41, 5.74) is 13.9. The topological polar surface area (TPSA) is 19.7 Å². The highest BCUT2D eigenvalue weighted by molar-refractivity contribution is 7.27. The Balaban J connectivity index is 1.15. The summed E-state index contributed by atoms with van der Waals surface area (Å²) >= 11 is 3.69. The second-order valence-electron chi connectivity index (χ2n) is 25.6. The third-order valence-corrected chi connectivity index (χ3v) is 22.4. The van der Waals surface area contributed by atoms with E-state index in [4.69, 9.17) is 0 Å². The van der Waals surface area contributed by atoms with E-state index in [0.29, 0.717) is 0 Å². The summed E-state index contributed by atoms with van der Waals surface area (Å²) in [5.74, 6) is -0.664. The molecule has 0 radical (unpaired) electrons. The zero-order valence-electron chi connectivity index (χ0n) is 50.8. The maximum atomic E-state index is 16.3. The van der Waals surface area contributed by atoms with Crippen LogP contribution in [0, 0.1) is 11.6 Å². The summed E-state index contributed by atoms with van der Waals surface area (Å²) < 4.78 is 47.9. The first-order valence-corrected chi connectivity index (χ1v) is 33.1. The van der Waals surface area contributed by atoms with Gasteiger partial charge in [0.1, 0.15) is 11.6 Å². The fourth-order valence-electron chi connectivity index (χ4n) is 16.4. The maximum Gasteiger partial charge on any atom is 0.123 e. The monoisotopic (exact) mass is 1220 g/mol. The number of aromatic nitrogens is 4. The summed E-state index contributed by atoms with van der Waals surface area (Å²) in [6.45, 7) is 9.55. The van der Waals surface area contributed by atoms with Gasteiger partial charge in [-0.15, -0.1) is 22.7 Å². The molecule has 438 valence electrons. The number of thiophene rings is 2. The van der Waals surface area contributed by atoms with Crippen LogP contribution in [0.25, 0.3) is 161 Å². The van der Waals surface area contributed by atoms with E-state index in [1.807, 2.05) is 46.9 Å². The van der Waals surface area contributed by atoms with E-state index in [9.17, 15) is 0 Å². The largest absolute Gasteiger partial charge is 0.331 e. The molecule has 0 saturated carbocycles. The van der Waals surface area contributed by atoms with Gasteiger partial charge in [0.05, 0.1) is 44.5 Å². The Morgan fingerprint density at radius 1 is 0.272 bits per heavy atom. The highest BCUT2D eigenvalue weighted by atomic mass is 32.1. The number of fused-ring (bicyclic) bond motifs is 20. The van der Waals surface area contributed by atoms with Crippen LogP contribution in [-0.4, -0.2) is 18.3 Å². The van der Waals surface area contributed by atoms with Gasteiger partial charge in [0.2, 0.25) is 0 Å². The van der Waals surface area contributed by atoms with Crippen LogP contribution in [-0.2, 0) is 11.1 Å². The smallest absolute Gasteiger partial charge is 0.123 e. The van der Waals surface area contributed by atoms with E-state index in [-0.39, 0.29) is 11.6 Å². The Bertz CT molecular complexity index is 5980. The second-order valence-corrected chi connectivity index (χ2v) is 27.7. The first-order chi connectivity index (χ1) is 45.0. The average molecular weight is 1220 g/mol. The molecule has 0 aliphatic rings. The normalized spacial score (nSPS) is 12.7. The van der Waals surface area contributed by atoms with Crippen LogP contribution in [0.2, 0.25) is 0 Å². The van der Waals surface area contributed by atoms with Crippen molar-refractivity contribution in [1.82, 2.24) is 18.3 Å². The standard InChI is InChI=1S/C84H56F2N4S2/c1-83(2,89-65-31-15-5-21-53(65)54-22-6-16-32-66(54)89)77-73(49-37-41-51(85)42-38-49)79(87-63-29-13-9-27-61(63)75-69(87)47-45-59-57-25-11-19-35-71(57)91-81(59)75)78(84(3,4)90-67-33-17-7-23-55(67)56-24-8-18-34-68(56)90)80(74(77)50-39-43-52(86)44-40-50)88-64-30-14-10-28-62(64)76-70(88)48-46-60-58-26-12-20-36-72(58)92-82(60)76/h5-48H,1-4H3. The molecule has 0 atom stereocenters. The molecule has 0 spiro atoms.